The number of hydrogen-bond donors (Lipinski definition) is 3. The number of alkyl halides is 7. The molecular weight excluding hydrogens is 450 g/mol. The second-order valence-electron chi connectivity index (χ2n) is 4.97. The van der Waals surface area contributed by atoms with Gasteiger partial charge in [-0.3, -0.25) is 9.59 Å². The Morgan fingerprint density at radius 2 is 1.57 bits per heavy atom. The average Bonchev–Trinajstić information content (AvgIpc) is 2.55. The number of phenols is 1. The van der Waals surface area contributed by atoms with Crippen molar-refractivity contribution in [3.05, 3.63) is 23.8 Å². The van der Waals surface area contributed by atoms with E-state index in [1.807, 2.05) is 0 Å². The smallest absolute Gasteiger partial charge is 0.565 e. The Balaban J connectivity index is 0. The Morgan fingerprint density at radius 3 is 1.97 bits per heavy atom. The van der Waals surface area contributed by atoms with Crippen molar-refractivity contribution >= 4 is 23.7 Å². The fourth-order valence-corrected chi connectivity index (χ4v) is 1.55. The standard InChI is InChI=1S/C13H10F7NO4.CH2O3.Na/c1-25-9(23)5-6-2-3-8(22)7(4-6)21-10(24)11(14,15)12(16,17)13(18,19)20;2-1(3)4;/h2-4,22H,5H2,1H3,(H,21,24);(H2,2,3,4);/q;;+1/p-1. The molecule has 16 heteroatoms. The molecule has 0 aliphatic rings. The van der Waals surface area contributed by atoms with Gasteiger partial charge in [0.1, 0.15) is 5.75 Å². The summed E-state index contributed by atoms with van der Waals surface area (Å²) in [6.45, 7) is 0. The fraction of sp³-hybridized carbons (Fsp3) is 0.357. The van der Waals surface area contributed by atoms with Gasteiger partial charge in [0.05, 0.1) is 19.2 Å². The molecule has 0 saturated heterocycles. The number of aromatic hydroxyl groups is 1. The second-order valence-corrected chi connectivity index (χ2v) is 4.97. The summed E-state index contributed by atoms with van der Waals surface area (Å²) in [5.74, 6) is -17.5. The van der Waals surface area contributed by atoms with Crippen molar-refractivity contribution in [3.63, 3.8) is 0 Å². The van der Waals surface area contributed by atoms with Crippen LogP contribution < -0.4 is 40.0 Å². The molecule has 0 spiro atoms. The number of benzene rings is 1. The molecule has 0 aromatic heterocycles. The zero-order chi connectivity index (χ0) is 23.2. The van der Waals surface area contributed by atoms with Crippen LogP contribution in [0.1, 0.15) is 5.56 Å². The normalized spacial score (nSPS) is 11.3. The van der Waals surface area contributed by atoms with Gasteiger partial charge >= 0.3 is 59.5 Å². The van der Waals surface area contributed by atoms with Crippen LogP contribution >= 0.6 is 0 Å². The molecule has 164 valence electrons. The van der Waals surface area contributed by atoms with E-state index in [-0.39, 0.29) is 35.1 Å². The number of ether oxygens (including phenoxy) is 1. The van der Waals surface area contributed by atoms with Gasteiger partial charge in [0.25, 0.3) is 0 Å². The number of carboxylic acid groups (broad SMARTS) is 2. The summed E-state index contributed by atoms with van der Waals surface area (Å²) < 4.78 is 92.5. The van der Waals surface area contributed by atoms with E-state index in [0.717, 1.165) is 30.6 Å². The molecule has 0 saturated carbocycles. The topological polar surface area (TPSA) is 136 Å². The Bertz CT molecular complexity index is 767. The van der Waals surface area contributed by atoms with E-state index >= 15 is 0 Å². The quantitative estimate of drug-likeness (QED) is 0.216. The molecule has 3 N–H and O–H groups in total. The van der Waals surface area contributed by atoms with Crippen LogP contribution in [0.4, 0.5) is 41.2 Å². The van der Waals surface area contributed by atoms with Crippen LogP contribution in [0.2, 0.25) is 0 Å². The van der Waals surface area contributed by atoms with Gasteiger partial charge in [-0.1, -0.05) is 6.07 Å². The van der Waals surface area contributed by atoms with Crippen molar-refractivity contribution in [3.8, 4) is 5.75 Å². The molecule has 0 aliphatic carbocycles. The number of nitrogens with one attached hydrogen (secondary N) is 1. The van der Waals surface area contributed by atoms with E-state index < -0.39 is 53.9 Å². The Kier molecular flexibility index (Phi) is 11.2. The Labute approximate surface area is 184 Å². The minimum absolute atomic E-state index is 0. The first-order chi connectivity index (χ1) is 13.0. The van der Waals surface area contributed by atoms with E-state index in [1.165, 1.54) is 0 Å². The molecular formula is C14H11F7NNaO7. The average molecular weight is 461 g/mol. The third kappa shape index (κ3) is 7.87. The third-order valence-electron chi connectivity index (χ3n) is 2.92. The van der Waals surface area contributed by atoms with Crippen LogP contribution in [0.3, 0.4) is 0 Å². The van der Waals surface area contributed by atoms with Crippen LogP contribution in [0.15, 0.2) is 18.2 Å². The summed E-state index contributed by atoms with van der Waals surface area (Å²) in [6.07, 6.45) is -9.20. The van der Waals surface area contributed by atoms with E-state index in [9.17, 15) is 45.4 Å². The van der Waals surface area contributed by atoms with Crippen molar-refractivity contribution < 1.29 is 94.7 Å². The van der Waals surface area contributed by atoms with Crippen molar-refractivity contribution in [1.29, 1.82) is 0 Å². The summed E-state index contributed by atoms with van der Waals surface area (Å²) in [7, 11) is 1.03. The van der Waals surface area contributed by atoms with Gasteiger partial charge in [0.15, 0.2) is 0 Å². The largest absolute Gasteiger partial charge is 1.00 e. The van der Waals surface area contributed by atoms with E-state index in [2.05, 4.69) is 4.74 Å². The predicted octanol–water partition coefficient (Wildman–Crippen LogP) is -1.23. The number of amides is 1. The van der Waals surface area contributed by atoms with Gasteiger partial charge < -0.3 is 30.2 Å². The zero-order valence-corrected chi connectivity index (χ0v) is 17.0. The SMILES string of the molecule is COC(=O)Cc1ccc(O)c(NC(=O)C(F)(F)C(F)(F)C(F)(F)F)c1.O=C([O-])O.[Na+]. The fourth-order valence-electron chi connectivity index (χ4n) is 1.55. The first-order valence-corrected chi connectivity index (χ1v) is 6.89. The molecule has 1 aromatic rings. The Hall–Kier alpha value is -2.26. The zero-order valence-electron chi connectivity index (χ0n) is 15.0. The van der Waals surface area contributed by atoms with Crippen molar-refractivity contribution in [1.82, 2.24) is 0 Å². The first kappa shape index (κ1) is 29.9. The van der Waals surface area contributed by atoms with Crippen molar-refractivity contribution in [2.45, 2.75) is 24.4 Å². The number of anilines is 1. The summed E-state index contributed by atoms with van der Waals surface area (Å²) in [5.41, 5.74) is -0.880. The molecule has 0 fully saturated rings. The van der Waals surface area contributed by atoms with Gasteiger partial charge in [-0.05, 0) is 17.7 Å². The maximum atomic E-state index is 13.2. The van der Waals surface area contributed by atoms with Gasteiger partial charge in [-0.15, -0.1) is 0 Å². The minimum atomic E-state index is -6.68. The van der Waals surface area contributed by atoms with Gasteiger partial charge in [0, 0.05) is 0 Å². The number of halogens is 7. The van der Waals surface area contributed by atoms with Gasteiger partial charge in [0.2, 0.25) is 6.16 Å². The number of carbonyl (C=O) groups excluding carboxylic acids is 2. The van der Waals surface area contributed by atoms with Crippen LogP contribution in [0.25, 0.3) is 0 Å². The number of methoxy groups -OCH3 is 1. The molecule has 1 rings (SSSR count). The molecule has 0 aliphatic heterocycles. The first-order valence-electron chi connectivity index (χ1n) is 6.89. The summed E-state index contributed by atoms with van der Waals surface area (Å²) in [4.78, 5) is 30.8. The minimum Gasteiger partial charge on any atom is -0.565 e. The van der Waals surface area contributed by atoms with Gasteiger partial charge in [-0.2, -0.15) is 30.7 Å². The predicted molar refractivity (Wildman–Crippen MR) is 76.4 cm³/mol. The van der Waals surface area contributed by atoms with E-state index in [4.69, 9.17) is 15.0 Å². The van der Waals surface area contributed by atoms with Crippen LogP contribution in [0, 0.1) is 0 Å². The molecule has 30 heavy (non-hydrogen) atoms. The molecule has 1 aromatic carbocycles. The van der Waals surface area contributed by atoms with Crippen LogP contribution in [-0.2, 0) is 20.7 Å². The summed E-state index contributed by atoms with van der Waals surface area (Å²) in [5, 5.41) is 25.8. The molecule has 0 radical (unpaired) electrons. The molecule has 1 amide bonds. The Morgan fingerprint density at radius 1 is 1.10 bits per heavy atom. The number of rotatable bonds is 5. The van der Waals surface area contributed by atoms with Crippen LogP contribution in [0.5, 0.6) is 5.75 Å². The van der Waals surface area contributed by atoms with Crippen molar-refractivity contribution in [2.24, 2.45) is 0 Å². The second kappa shape index (κ2) is 11.2. The maximum Gasteiger partial charge on any atom is 1.00 e. The number of esters is 1. The molecule has 0 bridgehead atoms. The molecule has 8 nitrogen and oxygen atoms in total. The summed E-state index contributed by atoms with van der Waals surface area (Å²) in [6, 6.07) is 2.67. The summed E-state index contributed by atoms with van der Waals surface area (Å²) >= 11 is 0. The maximum absolute atomic E-state index is 13.2. The number of hydrogen-bond acceptors (Lipinski definition) is 6. The monoisotopic (exact) mass is 461 g/mol. The van der Waals surface area contributed by atoms with E-state index in [0.29, 0.717) is 0 Å². The molecule has 0 heterocycles. The number of carbonyl (C=O) groups is 3. The molecule has 0 atom stereocenters. The van der Waals surface area contributed by atoms with Gasteiger partial charge in [-0.25, -0.2) is 0 Å². The number of phenolic OH excluding ortho intramolecular Hbond substituents is 1. The van der Waals surface area contributed by atoms with E-state index in [1.54, 1.807) is 0 Å². The molecule has 0 unspecified atom stereocenters. The van der Waals surface area contributed by atoms with Crippen molar-refractivity contribution in [2.75, 3.05) is 12.4 Å². The van der Waals surface area contributed by atoms with Crippen LogP contribution in [-0.4, -0.2) is 53.4 Å². The third-order valence-corrected chi connectivity index (χ3v) is 2.92.